The Bertz CT molecular complexity index is 303. The molecule has 0 fully saturated rings. The first-order valence-corrected chi connectivity index (χ1v) is 5.36. The molecule has 0 aromatic heterocycles. The Balaban J connectivity index is 2.79. The molecule has 0 radical (unpaired) electrons. The van der Waals surface area contributed by atoms with Gasteiger partial charge in [-0.1, -0.05) is 13.8 Å². The Morgan fingerprint density at radius 3 is 2.21 bits per heavy atom. The van der Waals surface area contributed by atoms with E-state index in [9.17, 15) is 8.78 Å². The second kappa shape index (κ2) is 4.91. The lowest BCUT2D eigenvalue weighted by molar-refractivity contribution is 0.268. The van der Waals surface area contributed by atoms with Crippen LogP contribution in [0.5, 0.6) is 5.75 Å². The lowest BCUT2D eigenvalue weighted by Crippen LogP contribution is -2.05. The molecular weight excluding hydrogens is 301 g/mol. The highest BCUT2D eigenvalue weighted by molar-refractivity contribution is 14.1. The monoisotopic (exact) mass is 312 g/mol. The summed E-state index contributed by atoms with van der Waals surface area (Å²) in [6.07, 6.45) is 0. The van der Waals surface area contributed by atoms with E-state index in [2.05, 4.69) is 0 Å². The van der Waals surface area contributed by atoms with Gasteiger partial charge in [0.2, 0.25) is 0 Å². The Kier molecular flexibility index (Phi) is 4.10. The normalized spacial score (nSPS) is 10.7. The molecule has 0 amide bonds. The van der Waals surface area contributed by atoms with Crippen molar-refractivity contribution in [1.82, 2.24) is 0 Å². The van der Waals surface area contributed by atoms with Crippen LogP contribution in [0, 0.1) is 21.1 Å². The highest BCUT2D eigenvalue weighted by atomic mass is 127. The molecule has 0 atom stereocenters. The van der Waals surface area contributed by atoms with Gasteiger partial charge in [0.15, 0.2) is 0 Å². The summed E-state index contributed by atoms with van der Waals surface area (Å²) in [5.74, 6) is -0.580. The Morgan fingerprint density at radius 1 is 1.29 bits per heavy atom. The van der Waals surface area contributed by atoms with E-state index in [1.54, 1.807) is 22.6 Å². The van der Waals surface area contributed by atoms with E-state index in [1.165, 1.54) is 12.1 Å². The molecule has 1 nitrogen and oxygen atoms in total. The van der Waals surface area contributed by atoms with E-state index in [4.69, 9.17) is 4.74 Å². The number of hydrogen-bond acceptors (Lipinski definition) is 1. The van der Waals surface area contributed by atoms with Crippen LogP contribution in [0.3, 0.4) is 0 Å². The minimum atomic E-state index is -0.579. The molecule has 0 spiro atoms. The molecule has 0 aliphatic rings. The van der Waals surface area contributed by atoms with Gasteiger partial charge in [-0.3, -0.25) is 0 Å². The minimum absolute atomic E-state index is 0.000466. The first kappa shape index (κ1) is 11.7. The van der Waals surface area contributed by atoms with Crippen molar-refractivity contribution in [1.29, 1.82) is 0 Å². The van der Waals surface area contributed by atoms with Crippen molar-refractivity contribution in [2.24, 2.45) is 5.92 Å². The second-order valence-electron chi connectivity index (χ2n) is 3.41. The van der Waals surface area contributed by atoms with E-state index < -0.39 is 11.6 Å². The van der Waals surface area contributed by atoms with Crippen LogP contribution in [0.4, 0.5) is 8.78 Å². The molecule has 78 valence electrons. The number of halogens is 3. The van der Waals surface area contributed by atoms with E-state index in [0.29, 0.717) is 12.5 Å². The maximum absolute atomic E-state index is 13.0. The largest absolute Gasteiger partial charge is 0.493 e. The summed E-state index contributed by atoms with van der Waals surface area (Å²) in [5.41, 5.74) is 0. The highest BCUT2D eigenvalue weighted by Gasteiger charge is 2.09. The smallest absolute Gasteiger partial charge is 0.143 e. The molecule has 1 rings (SSSR count). The van der Waals surface area contributed by atoms with Crippen molar-refractivity contribution in [3.63, 3.8) is 0 Å². The zero-order valence-corrected chi connectivity index (χ0v) is 10.1. The average molecular weight is 312 g/mol. The van der Waals surface area contributed by atoms with Crippen molar-refractivity contribution >= 4 is 22.6 Å². The van der Waals surface area contributed by atoms with Crippen LogP contribution in [0.1, 0.15) is 13.8 Å². The van der Waals surface area contributed by atoms with Crippen LogP contribution in [0.15, 0.2) is 12.1 Å². The van der Waals surface area contributed by atoms with Crippen molar-refractivity contribution in [3.05, 3.63) is 27.3 Å². The highest BCUT2D eigenvalue weighted by Crippen LogP contribution is 2.22. The fourth-order valence-electron chi connectivity index (χ4n) is 0.878. The third-order valence-corrected chi connectivity index (χ3v) is 2.57. The number of ether oxygens (including phenoxy) is 1. The van der Waals surface area contributed by atoms with Crippen LogP contribution in [0.2, 0.25) is 0 Å². The van der Waals surface area contributed by atoms with Crippen LogP contribution < -0.4 is 4.74 Å². The van der Waals surface area contributed by atoms with Crippen LogP contribution >= 0.6 is 22.6 Å². The van der Waals surface area contributed by atoms with E-state index in [0.717, 1.165) is 0 Å². The lowest BCUT2D eigenvalue weighted by atomic mass is 10.2. The summed E-state index contributed by atoms with van der Waals surface area (Å²) < 4.78 is 31.3. The maximum Gasteiger partial charge on any atom is 0.143 e. The van der Waals surface area contributed by atoms with Crippen molar-refractivity contribution in [2.75, 3.05) is 6.61 Å². The molecule has 0 heterocycles. The molecule has 0 bridgehead atoms. The molecule has 1 aromatic carbocycles. The Morgan fingerprint density at radius 2 is 1.79 bits per heavy atom. The molecule has 0 saturated carbocycles. The molecule has 4 heteroatoms. The molecule has 0 saturated heterocycles. The van der Waals surface area contributed by atoms with Gasteiger partial charge in [0.1, 0.15) is 17.4 Å². The van der Waals surface area contributed by atoms with E-state index in [1.807, 2.05) is 13.8 Å². The summed E-state index contributed by atoms with van der Waals surface area (Å²) in [4.78, 5) is 0. The first-order valence-electron chi connectivity index (χ1n) is 4.28. The molecule has 0 aliphatic carbocycles. The van der Waals surface area contributed by atoms with Gasteiger partial charge in [0, 0.05) is 12.1 Å². The fraction of sp³-hybridized carbons (Fsp3) is 0.400. The average Bonchev–Trinajstić information content (AvgIpc) is 2.10. The van der Waals surface area contributed by atoms with Crippen LogP contribution in [-0.2, 0) is 0 Å². The van der Waals surface area contributed by atoms with Gasteiger partial charge in [-0.15, -0.1) is 0 Å². The molecule has 0 N–H and O–H groups in total. The first-order chi connectivity index (χ1) is 6.50. The predicted octanol–water partition coefficient (Wildman–Crippen LogP) is 3.60. The topological polar surface area (TPSA) is 9.23 Å². The predicted molar refractivity (Wildman–Crippen MR) is 59.4 cm³/mol. The molecular formula is C10H11F2IO. The summed E-state index contributed by atoms with van der Waals surface area (Å²) in [5, 5.41) is 0. The van der Waals surface area contributed by atoms with Crippen LogP contribution in [0.25, 0.3) is 0 Å². The van der Waals surface area contributed by atoms with Gasteiger partial charge in [0.05, 0.1) is 10.2 Å². The summed E-state index contributed by atoms with van der Waals surface area (Å²) in [6.45, 7) is 4.40. The second-order valence-corrected chi connectivity index (χ2v) is 4.48. The van der Waals surface area contributed by atoms with Gasteiger partial charge in [-0.25, -0.2) is 8.78 Å². The minimum Gasteiger partial charge on any atom is -0.493 e. The quantitative estimate of drug-likeness (QED) is 0.612. The Hall–Kier alpha value is -0.390. The maximum atomic E-state index is 13.0. The number of benzene rings is 1. The number of rotatable bonds is 3. The summed E-state index contributed by atoms with van der Waals surface area (Å²) in [7, 11) is 0. The van der Waals surface area contributed by atoms with Gasteiger partial charge in [-0.2, -0.15) is 0 Å². The van der Waals surface area contributed by atoms with Crippen LogP contribution in [-0.4, -0.2) is 6.61 Å². The molecule has 0 unspecified atom stereocenters. The van der Waals surface area contributed by atoms with Gasteiger partial charge in [0.25, 0.3) is 0 Å². The van der Waals surface area contributed by atoms with E-state index >= 15 is 0 Å². The fourth-order valence-corrected chi connectivity index (χ4v) is 1.19. The standard InChI is InChI=1S/C10H11F2IO/c1-6(2)5-14-7-3-8(11)10(13)9(12)4-7/h3-4,6H,5H2,1-2H3. The summed E-state index contributed by atoms with van der Waals surface area (Å²) in [6, 6.07) is 2.40. The zero-order valence-electron chi connectivity index (χ0n) is 7.98. The van der Waals surface area contributed by atoms with Gasteiger partial charge < -0.3 is 4.74 Å². The van der Waals surface area contributed by atoms with E-state index in [-0.39, 0.29) is 9.32 Å². The van der Waals surface area contributed by atoms with Gasteiger partial charge in [-0.05, 0) is 28.5 Å². The Labute approximate surface area is 95.6 Å². The molecule has 14 heavy (non-hydrogen) atoms. The lowest BCUT2D eigenvalue weighted by Gasteiger charge is -2.09. The molecule has 0 aliphatic heterocycles. The SMILES string of the molecule is CC(C)COc1cc(F)c(I)c(F)c1. The molecule has 1 aromatic rings. The van der Waals surface area contributed by atoms with Gasteiger partial charge >= 0.3 is 0 Å². The third kappa shape index (κ3) is 3.08. The van der Waals surface area contributed by atoms with Crippen molar-refractivity contribution in [2.45, 2.75) is 13.8 Å². The third-order valence-electron chi connectivity index (χ3n) is 1.54. The zero-order chi connectivity index (χ0) is 10.7. The van der Waals surface area contributed by atoms with Crippen molar-refractivity contribution in [3.8, 4) is 5.75 Å². The summed E-state index contributed by atoms with van der Waals surface area (Å²) >= 11 is 1.62. The number of hydrogen-bond donors (Lipinski definition) is 0. The van der Waals surface area contributed by atoms with Crippen molar-refractivity contribution < 1.29 is 13.5 Å².